The Balaban J connectivity index is 4.30. The fraction of sp³-hybridized carbons (Fsp3) is 0.940. The van der Waals surface area contributed by atoms with Gasteiger partial charge in [0.1, 0.15) is 13.2 Å². The van der Waals surface area contributed by atoms with Crippen molar-refractivity contribution in [2.24, 2.45) is 11.8 Å². The van der Waals surface area contributed by atoms with Gasteiger partial charge in [-0.15, -0.1) is 0 Å². The molecule has 1 atom stereocenters. The summed E-state index contributed by atoms with van der Waals surface area (Å²) < 4.78 is 16.8. The lowest BCUT2D eigenvalue weighted by Crippen LogP contribution is -2.30. The molecule has 0 radical (unpaired) electrons. The van der Waals surface area contributed by atoms with Crippen molar-refractivity contribution in [3.8, 4) is 0 Å². The predicted octanol–water partition coefficient (Wildman–Crippen LogP) is 15.8. The summed E-state index contributed by atoms with van der Waals surface area (Å²) in [7, 11) is 0. The molecule has 0 saturated carbocycles. The van der Waals surface area contributed by atoms with E-state index in [-0.39, 0.29) is 31.1 Å². The summed E-state index contributed by atoms with van der Waals surface area (Å²) in [5, 5.41) is 0. The number of rotatable bonds is 44. The van der Waals surface area contributed by atoms with E-state index in [0.29, 0.717) is 19.3 Å². The van der Waals surface area contributed by atoms with Gasteiger partial charge < -0.3 is 14.2 Å². The van der Waals surface area contributed by atoms with Gasteiger partial charge in [0.25, 0.3) is 0 Å². The fourth-order valence-corrected chi connectivity index (χ4v) is 7.46. The summed E-state index contributed by atoms with van der Waals surface area (Å²) >= 11 is 0. The van der Waals surface area contributed by atoms with Crippen LogP contribution in [0.4, 0.5) is 0 Å². The molecule has 0 fully saturated rings. The molecule has 0 heterocycles. The van der Waals surface area contributed by atoms with Crippen LogP contribution in [0.5, 0.6) is 0 Å². The minimum absolute atomic E-state index is 0.0642. The van der Waals surface area contributed by atoms with Crippen molar-refractivity contribution in [2.45, 2.75) is 278 Å². The van der Waals surface area contributed by atoms with Crippen LogP contribution >= 0.6 is 0 Å². The van der Waals surface area contributed by atoms with Gasteiger partial charge in [0.05, 0.1) is 0 Å². The number of carbonyl (C=O) groups is 3. The molecule has 0 amide bonds. The van der Waals surface area contributed by atoms with Crippen molar-refractivity contribution in [1.29, 1.82) is 0 Å². The second-order valence-corrected chi connectivity index (χ2v) is 18.1. The zero-order valence-electron chi connectivity index (χ0n) is 38.3. The predicted molar refractivity (Wildman–Crippen MR) is 238 cm³/mol. The Hall–Kier alpha value is -1.59. The lowest BCUT2D eigenvalue weighted by atomic mass is 10.0. The Morgan fingerprint density at radius 3 is 0.875 bits per heavy atom. The molecule has 6 nitrogen and oxygen atoms in total. The fourth-order valence-electron chi connectivity index (χ4n) is 7.46. The number of hydrogen-bond donors (Lipinski definition) is 0. The third-order valence-corrected chi connectivity index (χ3v) is 11.2. The number of esters is 3. The summed E-state index contributed by atoms with van der Waals surface area (Å²) in [4.78, 5) is 37.8. The molecular formula is C50H96O6. The minimum atomic E-state index is -0.760. The molecule has 0 spiro atoms. The first-order chi connectivity index (χ1) is 27.2. The van der Waals surface area contributed by atoms with Gasteiger partial charge in [-0.2, -0.15) is 0 Å². The van der Waals surface area contributed by atoms with Crippen molar-refractivity contribution in [3.05, 3.63) is 0 Å². The van der Waals surface area contributed by atoms with Crippen LogP contribution in [0.1, 0.15) is 272 Å². The maximum Gasteiger partial charge on any atom is 0.306 e. The number of ether oxygens (including phenoxy) is 3. The number of hydrogen-bond acceptors (Lipinski definition) is 6. The van der Waals surface area contributed by atoms with E-state index < -0.39 is 6.10 Å². The normalized spacial score (nSPS) is 12.1. The van der Waals surface area contributed by atoms with Crippen LogP contribution in [0.15, 0.2) is 0 Å². The Labute approximate surface area is 348 Å². The van der Waals surface area contributed by atoms with Gasteiger partial charge in [-0.05, 0) is 31.1 Å². The highest BCUT2D eigenvalue weighted by atomic mass is 16.6. The van der Waals surface area contributed by atoms with E-state index in [2.05, 4.69) is 34.6 Å². The van der Waals surface area contributed by atoms with E-state index in [4.69, 9.17) is 14.2 Å². The molecule has 6 heteroatoms. The van der Waals surface area contributed by atoms with E-state index >= 15 is 0 Å². The zero-order chi connectivity index (χ0) is 41.2. The third-order valence-electron chi connectivity index (χ3n) is 11.2. The Morgan fingerprint density at radius 1 is 0.339 bits per heavy atom. The monoisotopic (exact) mass is 793 g/mol. The molecule has 0 N–H and O–H groups in total. The standard InChI is InChI=1S/C50H96O6/c1-6-7-8-9-10-11-20-25-30-35-40-48(51)54-43-47(56-50(53)42-37-32-27-22-17-16-19-24-29-34-39-46(4)5)44-55-49(52)41-36-31-26-21-15-13-12-14-18-23-28-33-38-45(2)3/h45-47H,6-44H2,1-5H3/t47-/m0/s1. The molecule has 0 aliphatic carbocycles. The molecule has 56 heavy (non-hydrogen) atoms. The first-order valence-corrected chi connectivity index (χ1v) is 24.7. The van der Waals surface area contributed by atoms with Crippen molar-refractivity contribution >= 4 is 17.9 Å². The molecule has 0 aromatic heterocycles. The van der Waals surface area contributed by atoms with Crippen molar-refractivity contribution in [2.75, 3.05) is 13.2 Å². The Bertz CT molecular complexity index is 854. The van der Waals surface area contributed by atoms with Crippen LogP contribution in [-0.4, -0.2) is 37.2 Å². The quantitative estimate of drug-likeness (QED) is 0.0347. The van der Waals surface area contributed by atoms with Gasteiger partial charge in [0, 0.05) is 19.3 Å². The summed E-state index contributed by atoms with van der Waals surface area (Å²) in [5.74, 6) is 0.797. The van der Waals surface area contributed by atoms with Gasteiger partial charge in [-0.25, -0.2) is 0 Å². The molecule has 0 rings (SSSR count). The van der Waals surface area contributed by atoms with Gasteiger partial charge >= 0.3 is 17.9 Å². The molecule has 0 saturated heterocycles. The number of carbonyl (C=O) groups excluding carboxylic acids is 3. The zero-order valence-corrected chi connectivity index (χ0v) is 38.3. The second kappa shape index (κ2) is 43.0. The topological polar surface area (TPSA) is 78.9 Å². The van der Waals surface area contributed by atoms with Gasteiger partial charge in [-0.3, -0.25) is 14.4 Å². The maximum atomic E-state index is 12.7. The summed E-state index contributed by atoms with van der Waals surface area (Å²) in [6, 6.07) is 0. The molecule has 0 unspecified atom stereocenters. The van der Waals surface area contributed by atoms with Gasteiger partial charge in [0.2, 0.25) is 0 Å². The average molecular weight is 793 g/mol. The number of unbranched alkanes of at least 4 members (excludes halogenated alkanes) is 29. The van der Waals surface area contributed by atoms with E-state index in [0.717, 1.165) is 69.6 Å². The van der Waals surface area contributed by atoms with E-state index in [1.807, 2.05) is 0 Å². The van der Waals surface area contributed by atoms with Crippen LogP contribution in [0.3, 0.4) is 0 Å². The lowest BCUT2D eigenvalue weighted by Gasteiger charge is -2.18. The van der Waals surface area contributed by atoms with Gasteiger partial charge in [0.15, 0.2) is 6.10 Å². The molecule has 332 valence electrons. The molecule has 0 aromatic rings. The maximum absolute atomic E-state index is 12.7. The second-order valence-electron chi connectivity index (χ2n) is 18.1. The lowest BCUT2D eigenvalue weighted by molar-refractivity contribution is -0.167. The summed E-state index contributed by atoms with van der Waals surface area (Å²) in [6.07, 6.45) is 42.3. The van der Waals surface area contributed by atoms with E-state index in [1.54, 1.807) is 0 Å². The SMILES string of the molecule is CCCCCCCCCCCCC(=O)OC[C@@H](COC(=O)CCCCCCCCCCCCCCC(C)C)OC(=O)CCCCCCCCCCCCC(C)C. The minimum Gasteiger partial charge on any atom is -0.462 e. The first-order valence-electron chi connectivity index (χ1n) is 24.7. The van der Waals surface area contributed by atoms with Crippen molar-refractivity contribution < 1.29 is 28.6 Å². The van der Waals surface area contributed by atoms with Crippen LogP contribution < -0.4 is 0 Å². The highest BCUT2D eigenvalue weighted by molar-refractivity contribution is 5.71. The van der Waals surface area contributed by atoms with Crippen LogP contribution in [-0.2, 0) is 28.6 Å². The van der Waals surface area contributed by atoms with Gasteiger partial charge in [-0.1, -0.05) is 234 Å². The van der Waals surface area contributed by atoms with E-state index in [9.17, 15) is 14.4 Å². The molecule has 0 aliphatic rings. The largest absolute Gasteiger partial charge is 0.462 e. The Kier molecular flexibility index (Phi) is 41.8. The first kappa shape index (κ1) is 54.4. The summed E-state index contributed by atoms with van der Waals surface area (Å²) in [5.41, 5.74) is 0. The van der Waals surface area contributed by atoms with Crippen molar-refractivity contribution in [1.82, 2.24) is 0 Å². The summed E-state index contributed by atoms with van der Waals surface area (Å²) in [6.45, 7) is 11.3. The molecule has 0 aliphatic heterocycles. The van der Waals surface area contributed by atoms with Crippen molar-refractivity contribution in [3.63, 3.8) is 0 Å². The van der Waals surface area contributed by atoms with Crippen LogP contribution in [0.2, 0.25) is 0 Å². The molecular weight excluding hydrogens is 697 g/mol. The third kappa shape index (κ3) is 43.5. The highest BCUT2D eigenvalue weighted by Crippen LogP contribution is 2.17. The molecule has 0 aromatic carbocycles. The Morgan fingerprint density at radius 2 is 0.589 bits per heavy atom. The van der Waals surface area contributed by atoms with Crippen LogP contribution in [0, 0.1) is 11.8 Å². The molecule has 0 bridgehead atoms. The van der Waals surface area contributed by atoms with E-state index in [1.165, 1.54) is 161 Å². The smallest absolute Gasteiger partial charge is 0.306 e. The van der Waals surface area contributed by atoms with Crippen LogP contribution in [0.25, 0.3) is 0 Å². The average Bonchev–Trinajstić information content (AvgIpc) is 3.16. The highest BCUT2D eigenvalue weighted by Gasteiger charge is 2.19.